The van der Waals surface area contributed by atoms with Crippen LogP contribution in [0, 0.1) is 6.92 Å². The predicted molar refractivity (Wildman–Crippen MR) is 112 cm³/mol. The first-order chi connectivity index (χ1) is 13.1. The van der Waals surface area contributed by atoms with Crippen molar-refractivity contribution in [3.8, 4) is 0 Å². The van der Waals surface area contributed by atoms with E-state index in [4.69, 9.17) is 11.6 Å². The fourth-order valence-corrected chi connectivity index (χ4v) is 3.63. The SMILES string of the molecule is Cc1ccc(N2CN(c3ccc(Cl)cc3)CC2C(=O)c2ccccc2)cc1. The normalized spacial score (nSPS) is 16.6. The number of halogens is 1. The Labute approximate surface area is 164 Å². The Bertz CT molecular complexity index is 923. The van der Waals surface area contributed by atoms with E-state index < -0.39 is 0 Å². The molecule has 27 heavy (non-hydrogen) atoms. The second kappa shape index (κ2) is 7.45. The Morgan fingerprint density at radius 2 is 1.52 bits per heavy atom. The van der Waals surface area contributed by atoms with Gasteiger partial charge in [0.05, 0.1) is 6.67 Å². The molecular weight excluding hydrogens is 356 g/mol. The first-order valence-corrected chi connectivity index (χ1v) is 9.43. The highest BCUT2D eigenvalue weighted by molar-refractivity contribution is 6.30. The van der Waals surface area contributed by atoms with Crippen LogP contribution in [0.5, 0.6) is 0 Å². The highest BCUT2D eigenvalue weighted by Crippen LogP contribution is 2.29. The molecule has 3 nitrogen and oxygen atoms in total. The molecule has 1 unspecified atom stereocenters. The van der Waals surface area contributed by atoms with Gasteiger partial charge in [0, 0.05) is 28.5 Å². The number of rotatable bonds is 4. The number of ketones is 1. The minimum Gasteiger partial charge on any atom is -0.351 e. The van der Waals surface area contributed by atoms with Crippen LogP contribution in [0.3, 0.4) is 0 Å². The van der Waals surface area contributed by atoms with Crippen LogP contribution in [-0.4, -0.2) is 25.0 Å². The highest BCUT2D eigenvalue weighted by atomic mass is 35.5. The smallest absolute Gasteiger partial charge is 0.187 e. The Balaban J connectivity index is 1.67. The van der Waals surface area contributed by atoms with Crippen molar-refractivity contribution >= 4 is 28.8 Å². The Morgan fingerprint density at radius 3 is 2.19 bits per heavy atom. The third kappa shape index (κ3) is 3.69. The standard InChI is InChI=1S/C23H21ClN2O/c1-17-7-11-21(12-8-17)26-16-25(20-13-9-19(24)10-14-20)15-22(26)23(27)18-5-3-2-4-6-18/h2-14,22H,15-16H2,1H3. The Hall–Kier alpha value is -2.78. The van der Waals surface area contributed by atoms with E-state index in [1.54, 1.807) is 0 Å². The summed E-state index contributed by atoms with van der Waals surface area (Å²) in [5.41, 5.74) is 4.09. The number of nitrogens with zero attached hydrogens (tertiary/aromatic N) is 2. The molecule has 4 rings (SSSR count). The van der Waals surface area contributed by atoms with E-state index in [0.29, 0.717) is 18.2 Å². The van der Waals surface area contributed by atoms with Crippen molar-refractivity contribution in [2.24, 2.45) is 0 Å². The molecule has 0 spiro atoms. The molecule has 1 aliphatic heterocycles. The average Bonchev–Trinajstić information content (AvgIpc) is 3.14. The number of aryl methyl sites for hydroxylation is 1. The molecule has 0 amide bonds. The fourth-order valence-electron chi connectivity index (χ4n) is 3.50. The van der Waals surface area contributed by atoms with Crippen molar-refractivity contribution in [3.05, 3.63) is 95.0 Å². The lowest BCUT2D eigenvalue weighted by atomic mass is 10.0. The molecule has 136 valence electrons. The van der Waals surface area contributed by atoms with Crippen molar-refractivity contribution < 1.29 is 4.79 Å². The van der Waals surface area contributed by atoms with E-state index in [1.165, 1.54) is 5.56 Å². The zero-order chi connectivity index (χ0) is 18.8. The Morgan fingerprint density at radius 1 is 0.889 bits per heavy atom. The number of carbonyl (C=O) groups is 1. The zero-order valence-corrected chi connectivity index (χ0v) is 15.9. The van der Waals surface area contributed by atoms with Gasteiger partial charge in [-0.3, -0.25) is 4.79 Å². The van der Waals surface area contributed by atoms with E-state index >= 15 is 0 Å². The molecule has 4 heteroatoms. The van der Waals surface area contributed by atoms with Gasteiger partial charge >= 0.3 is 0 Å². The van der Waals surface area contributed by atoms with Crippen LogP contribution < -0.4 is 9.80 Å². The van der Waals surface area contributed by atoms with Gasteiger partial charge < -0.3 is 9.80 Å². The summed E-state index contributed by atoms with van der Waals surface area (Å²) < 4.78 is 0. The molecule has 3 aromatic rings. The molecular formula is C23H21ClN2O. The van der Waals surface area contributed by atoms with Crippen molar-refractivity contribution in [2.75, 3.05) is 23.0 Å². The maximum atomic E-state index is 13.2. The van der Waals surface area contributed by atoms with Gasteiger partial charge in [-0.05, 0) is 43.3 Å². The highest BCUT2D eigenvalue weighted by Gasteiger charge is 2.36. The van der Waals surface area contributed by atoms with Crippen molar-refractivity contribution in [1.82, 2.24) is 0 Å². The molecule has 1 saturated heterocycles. The molecule has 0 radical (unpaired) electrons. The van der Waals surface area contributed by atoms with Crippen LogP contribution in [0.25, 0.3) is 0 Å². The minimum absolute atomic E-state index is 0.146. The molecule has 1 aliphatic rings. The van der Waals surface area contributed by atoms with E-state index in [-0.39, 0.29) is 11.8 Å². The lowest BCUT2D eigenvalue weighted by Gasteiger charge is -2.25. The number of carbonyl (C=O) groups excluding carboxylic acids is 1. The maximum absolute atomic E-state index is 13.2. The van der Waals surface area contributed by atoms with Crippen molar-refractivity contribution in [1.29, 1.82) is 0 Å². The zero-order valence-electron chi connectivity index (χ0n) is 15.2. The summed E-state index contributed by atoms with van der Waals surface area (Å²) in [5, 5.41) is 0.713. The molecule has 3 aromatic carbocycles. The van der Waals surface area contributed by atoms with Gasteiger partial charge in [0.25, 0.3) is 0 Å². The molecule has 0 aromatic heterocycles. The lowest BCUT2D eigenvalue weighted by Crippen LogP contribution is -2.37. The number of benzene rings is 3. The summed E-state index contributed by atoms with van der Waals surface area (Å²) in [6.07, 6.45) is 0. The van der Waals surface area contributed by atoms with Crippen molar-refractivity contribution in [2.45, 2.75) is 13.0 Å². The van der Waals surface area contributed by atoms with E-state index in [0.717, 1.165) is 16.9 Å². The summed E-state index contributed by atoms with van der Waals surface area (Å²) in [4.78, 5) is 17.6. The average molecular weight is 377 g/mol. The largest absolute Gasteiger partial charge is 0.351 e. The summed E-state index contributed by atoms with van der Waals surface area (Å²) in [7, 11) is 0. The van der Waals surface area contributed by atoms with Gasteiger partial charge in [0.2, 0.25) is 0 Å². The monoisotopic (exact) mass is 376 g/mol. The van der Waals surface area contributed by atoms with Crippen LogP contribution >= 0.6 is 11.6 Å². The van der Waals surface area contributed by atoms with Gasteiger partial charge in [0.1, 0.15) is 6.04 Å². The molecule has 0 bridgehead atoms. The quantitative estimate of drug-likeness (QED) is 0.586. The fraction of sp³-hybridized carbons (Fsp3) is 0.174. The van der Waals surface area contributed by atoms with Crippen LogP contribution in [0.4, 0.5) is 11.4 Å². The first kappa shape index (κ1) is 17.6. The number of hydrogen-bond donors (Lipinski definition) is 0. The topological polar surface area (TPSA) is 23.6 Å². The molecule has 1 fully saturated rings. The summed E-state index contributed by atoms with van der Waals surface area (Å²) >= 11 is 6.03. The first-order valence-electron chi connectivity index (χ1n) is 9.05. The van der Waals surface area contributed by atoms with E-state index in [2.05, 4.69) is 41.0 Å². The number of Topliss-reactive ketones (excluding diaryl/α,β-unsaturated/α-hetero) is 1. The number of anilines is 2. The predicted octanol–water partition coefficient (Wildman–Crippen LogP) is 5.18. The van der Waals surface area contributed by atoms with E-state index in [1.807, 2.05) is 54.6 Å². The van der Waals surface area contributed by atoms with Crippen LogP contribution in [0.1, 0.15) is 15.9 Å². The Kier molecular flexibility index (Phi) is 4.87. The molecule has 1 atom stereocenters. The second-order valence-electron chi connectivity index (χ2n) is 6.89. The molecule has 0 saturated carbocycles. The second-order valence-corrected chi connectivity index (χ2v) is 7.33. The van der Waals surface area contributed by atoms with Gasteiger partial charge in [0.15, 0.2) is 5.78 Å². The molecule has 1 heterocycles. The van der Waals surface area contributed by atoms with Gasteiger partial charge in [-0.15, -0.1) is 0 Å². The third-order valence-corrected chi connectivity index (χ3v) is 5.26. The minimum atomic E-state index is -0.231. The van der Waals surface area contributed by atoms with Crippen LogP contribution in [0.15, 0.2) is 78.9 Å². The third-order valence-electron chi connectivity index (χ3n) is 5.01. The summed E-state index contributed by atoms with van der Waals surface area (Å²) in [6, 6.07) is 25.4. The lowest BCUT2D eigenvalue weighted by molar-refractivity contribution is 0.0968. The van der Waals surface area contributed by atoms with Crippen LogP contribution in [-0.2, 0) is 0 Å². The van der Waals surface area contributed by atoms with E-state index in [9.17, 15) is 4.79 Å². The molecule has 0 N–H and O–H groups in total. The van der Waals surface area contributed by atoms with Gasteiger partial charge in [-0.25, -0.2) is 0 Å². The summed E-state index contributed by atoms with van der Waals surface area (Å²) in [5.74, 6) is 0.146. The number of hydrogen-bond acceptors (Lipinski definition) is 3. The van der Waals surface area contributed by atoms with Gasteiger partial charge in [-0.1, -0.05) is 59.6 Å². The maximum Gasteiger partial charge on any atom is 0.187 e. The van der Waals surface area contributed by atoms with Crippen molar-refractivity contribution in [3.63, 3.8) is 0 Å². The van der Waals surface area contributed by atoms with Gasteiger partial charge in [-0.2, -0.15) is 0 Å². The van der Waals surface area contributed by atoms with Crippen LogP contribution in [0.2, 0.25) is 5.02 Å². The molecule has 0 aliphatic carbocycles. The summed E-state index contributed by atoms with van der Waals surface area (Å²) in [6.45, 7) is 3.37.